The number of hydrogen-bond acceptors (Lipinski definition) is 3. The molecule has 0 amide bonds. The van der Waals surface area contributed by atoms with E-state index < -0.39 is 5.60 Å². The average molecular weight is 248 g/mol. The zero-order valence-electron chi connectivity index (χ0n) is 11.0. The maximum Gasteiger partial charge on any atom is 0.334 e. The van der Waals surface area contributed by atoms with Crippen LogP contribution in [0.2, 0.25) is 0 Å². The van der Waals surface area contributed by atoms with Crippen molar-refractivity contribution < 1.29 is 14.6 Å². The first-order chi connectivity index (χ1) is 8.40. The quantitative estimate of drug-likeness (QED) is 0.406. The summed E-state index contributed by atoms with van der Waals surface area (Å²) in [5.74, 6) is -0.00263. The van der Waals surface area contributed by atoms with Crippen LogP contribution in [0.25, 0.3) is 0 Å². The number of carbonyl (C=O) groups excluding carboxylic acids is 1. The Hall–Kier alpha value is -1.09. The van der Waals surface area contributed by atoms with Gasteiger partial charge < -0.3 is 9.84 Å². The molecule has 4 atom stereocenters. The molecule has 3 unspecified atom stereocenters. The van der Waals surface area contributed by atoms with E-state index in [1.165, 1.54) is 11.1 Å². The minimum atomic E-state index is -0.641. The normalized spacial score (nSPS) is 43.6. The number of carbonyl (C=O) groups is 1. The van der Waals surface area contributed by atoms with E-state index in [0.29, 0.717) is 5.57 Å². The van der Waals surface area contributed by atoms with Gasteiger partial charge in [0.2, 0.25) is 0 Å². The number of fused-ring (bicyclic) bond motifs is 2. The van der Waals surface area contributed by atoms with Gasteiger partial charge in [-0.2, -0.15) is 0 Å². The molecule has 1 N–H and O–H groups in total. The number of ether oxygens (including phenoxy) is 1. The van der Waals surface area contributed by atoms with Crippen molar-refractivity contribution in [3.8, 4) is 0 Å². The Balaban J connectivity index is 1.99. The monoisotopic (exact) mass is 248 g/mol. The molecule has 3 aliphatic rings. The van der Waals surface area contributed by atoms with Crippen molar-refractivity contribution in [3.05, 3.63) is 23.3 Å². The van der Waals surface area contributed by atoms with Crippen LogP contribution in [0.4, 0.5) is 0 Å². The van der Waals surface area contributed by atoms with Gasteiger partial charge in [0.25, 0.3) is 0 Å². The standard InChI is InChI=1S/C15H20O3/c1-8-6-13-11(9(2)14(16)18-13)7-12-10(8)4-5-15(12,3)17/h11-13,17H,2,4-7H2,1,3H3/t11?,12?,13?,15-/m1/s1. The fraction of sp³-hybridized carbons (Fsp3) is 0.667. The lowest BCUT2D eigenvalue weighted by molar-refractivity contribution is -0.139. The van der Waals surface area contributed by atoms with Gasteiger partial charge in [-0.15, -0.1) is 0 Å². The van der Waals surface area contributed by atoms with E-state index in [1.807, 2.05) is 6.92 Å². The Morgan fingerprint density at radius 2 is 2.22 bits per heavy atom. The molecule has 0 bridgehead atoms. The Kier molecular flexibility index (Phi) is 2.46. The molecule has 3 nitrogen and oxygen atoms in total. The zero-order chi connectivity index (χ0) is 13.1. The van der Waals surface area contributed by atoms with Gasteiger partial charge in [0, 0.05) is 23.8 Å². The molecule has 0 aromatic rings. The van der Waals surface area contributed by atoms with E-state index in [-0.39, 0.29) is 23.9 Å². The molecular formula is C15H20O3. The highest BCUT2D eigenvalue weighted by Gasteiger charge is 2.49. The fourth-order valence-corrected chi connectivity index (χ4v) is 3.85. The third-order valence-corrected chi connectivity index (χ3v) is 5.03. The Morgan fingerprint density at radius 3 is 2.94 bits per heavy atom. The molecule has 3 rings (SSSR count). The van der Waals surface area contributed by atoms with E-state index in [2.05, 4.69) is 13.5 Å². The van der Waals surface area contributed by atoms with Crippen LogP contribution >= 0.6 is 0 Å². The van der Waals surface area contributed by atoms with Gasteiger partial charge in [-0.05, 0) is 33.1 Å². The molecule has 0 spiro atoms. The molecular weight excluding hydrogens is 228 g/mol. The van der Waals surface area contributed by atoms with Crippen LogP contribution in [-0.2, 0) is 9.53 Å². The molecule has 1 aliphatic heterocycles. The van der Waals surface area contributed by atoms with Crippen LogP contribution < -0.4 is 0 Å². The Morgan fingerprint density at radius 1 is 1.50 bits per heavy atom. The first-order valence-electron chi connectivity index (χ1n) is 6.71. The number of esters is 1. The van der Waals surface area contributed by atoms with Gasteiger partial charge in [-0.1, -0.05) is 17.7 Å². The van der Waals surface area contributed by atoms with Gasteiger partial charge in [-0.3, -0.25) is 0 Å². The van der Waals surface area contributed by atoms with E-state index >= 15 is 0 Å². The molecule has 1 saturated carbocycles. The minimum absolute atomic E-state index is 0.0566. The highest BCUT2D eigenvalue weighted by Crippen LogP contribution is 2.50. The molecule has 98 valence electrons. The third-order valence-electron chi connectivity index (χ3n) is 5.03. The van der Waals surface area contributed by atoms with Crippen LogP contribution in [0, 0.1) is 11.8 Å². The van der Waals surface area contributed by atoms with Crippen LogP contribution in [0.1, 0.15) is 39.5 Å². The molecule has 1 heterocycles. The van der Waals surface area contributed by atoms with Crippen molar-refractivity contribution >= 4 is 5.97 Å². The molecule has 3 heteroatoms. The lowest BCUT2D eigenvalue weighted by atomic mass is 9.81. The van der Waals surface area contributed by atoms with E-state index in [4.69, 9.17) is 4.74 Å². The summed E-state index contributed by atoms with van der Waals surface area (Å²) in [4.78, 5) is 11.6. The lowest BCUT2D eigenvalue weighted by Gasteiger charge is -2.28. The summed E-state index contributed by atoms with van der Waals surface area (Å²) in [7, 11) is 0. The van der Waals surface area contributed by atoms with Crippen molar-refractivity contribution in [2.24, 2.45) is 11.8 Å². The second kappa shape index (κ2) is 3.70. The van der Waals surface area contributed by atoms with Crippen molar-refractivity contribution in [2.45, 2.75) is 51.2 Å². The number of rotatable bonds is 0. The van der Waals surface area contributed by atoms with Crippen LogP contribution in [-0.4, -0.2) is 22.8 Å². The molecule has 0 aromatic heterocycles. The molecule has 18 heavy (non-hydrogen) atoms. The van der Waals surface area contributed by atoms with Gasteiger partial charge in [0.15, 0.2) is 0 Å². The SMILES string of the molecule is C=C1C(=O)OC2CC(C)=C3CC[C@@](C)(O)C3CC12. The first kappa shape index (κ1) is 12.0. The fourth-order valence-electron chi connectivity index (χ4n) is 3.85. The second-order valence-corrected chi connectivity index (χ2v) is 6.23. The Labute approximate surface area is 108 Å². The largest absolute Gasteiger partial charge is 0.458 e. The van der Waals surface area contributed by atoms with Crippen molar-refractivity contribution in [1.29, 1.82) is 0 Å². The average Bonchev–Trinajstić information content (AvgIpc) is 2.65. The molecule has 0 aromatic carbocycles. The van der Waals surface area contributed by atoms with Gasteiger partial charge >= 0.3 is 5.97 Å². The summed E-state index contributed by atoms with van der Waals surface area (Å²) in [5.41, 5.74) is 2.64. The van der Waals surface area contributed by atoms with Gasteiger partial charge in [0.1, 0.15) is 6.10 Å². The number of hydrogen-bond donors (Lipinski definition) is 1. The maximum atomic E-state index is 11.6. The van der Waals surface area contributed by atoms with Crippen LogP contribution in [0.15, 0.2) is 23.3 Å². The zero-order valence-corrected chi connectivity index (χ0v) is 11.0. The van der Waals surface area contributed by atoms with Crippen LogP contribution in [0.3, 0.4) is 0 Å². The summed E-state index contributed by atoms with van der Waals surface area (Å²) < 4.78 is 5.41. The summed E-state index contributed by atoms with van der Waals surface area (Å²) in [6.07, 6.45) is 3.34. The van der Waals surface area contributed by atoms with E-state index in [0.717, 1.165) is 25.7 Å². The highest BCUT2D eigenvalue weighted by atomic mass is 16.6. The molecule has 2 fully saturated rings. The highest BCUT2D eigenvalue weighted by molar-refractivity contribution is 5.90. The van der Waals surface area contributed by atoms with Crippen molar-refractivity contribution in [2.75, 3.05) is 0 Å². The smallest absolute Gasteiger partial charge is 0.334 e. The van der Waals surface area contributed by atoms with Gasteiger partial charge in [0.05, 0.1) is 5.60 Å². The minimum Gasteiger partial charge on any atom is -0.458 e. The lowest BCUT2D eigenvalue weighted by Crippen LogP contribution is -2.31. The first-order valence-corrected chi connectivity index (χ1v) is 6.71. The summed E-state index contributed by atoms with van der Waals surface area (Å²) in [6.45, 7) is 7.90. The van der Waals surface area contributed by atoms with Crippen molar-refractivity contribution in [1.82, 2.24) is 0 Å². The van der Waals surface area contributed by atoms with Crippen LogP contribution in [0.5, 0.6) is 0 Å². The predicted octanol–water partition coefficient (Wildman–Crippen LogP) is 2.36. The van der Waals surface area contributed by atoms with Crippen molar-refractivity contribution in [3.63, 3.8) is 0 Å². The predicted molar refractivity (Wildman–Crippen MR) is 67.8 cm³/mol. The topological polar surface area (TPSA) is 46.5 Å². The number of aliphatic hydroxyl groups is 1. The second-order valence-electron chi connectivity index (χ2n) is 6.23. The van der Waals surface area contributed by atoms with E-state index in [1.54, 1.807) is 0 Å². The van der Waals surface area contributed by atoms with E-state index in [9.17, 15) is 9.90 Å². The molecule has 1 saturated heterocycles. The Bertz CT molecular complexity index is 458. The molecule has 2 aliphatic carbocycles. The maximum absolute atomic E-state index is 11.6. The summed E-state index contributed by atoms with van der Waals surface area (Å²) >= 11 is 0. The summed E-state index contributed by atoms with van der Waals surface area (Å²) in [6, 6.07) is 0. The molecule has 0 radical (unpaired) electrons. The summed E-state index contributed by atoms with van der Waals surface area (Å²) in [5, 5.41) is 10.5. The van der Waals surface area contributed by atoms with Gasteiger partial charge in [-0.25, -0.2) is 4.79 Å². The third kappa shape index (κ3) is 1.57.